The zero-order chi connectivity index (χ0) is 15.8. The number of hydrogen-bond donors (Lipinski definition) is 0. The van der Waals surface area contributed by atoms with E-state index < -0.39 is 5.38 Å². The molecule has 0 aliphatic carbocycles. The quantitative estimate of drug-likeness (QED) is 0.690. The number of alkyl halides is 1. The molecule has 0 N–H and O–H groups in total. The molecule has 1 rings (SSSR count). The van der Waals surface area contributed by atoms with Crippen LogP contribution in [0.5, 0.6) is 11.5 Å². The second-order valence-electron chi connectivity index (χ2n) is 4.87. The van der Waals surface area contributed by atoms with E-state index in [-0.39, 0.29) is 5.91 Å². The highest BCUT2D eigenvalue weighted by Crippen LogP contribution is 2.29. The lowest BCUT2D eigenvalue weighted by atomic mass is 10.2. The Morgan fingerprint density at radius 2 is 2.00 bits per heavy atom. The molecular formula is C16H24ClNO3. The predicted molar refractivity (Wildman–Crippen MR) is 85.2 cm³/mol. The average molecular weight is 314 g/mol. The Morgan fingerprint density at radius 1 is 1.29 bits per heavy atom. The number of carbonyl (C=O) groups excluding carboxylic acids is 1. The summed E-state index contributed by atoms with van der Waals surface area (Å²) in [6.07, 6.45) is 0.943. The average Bonchev–Trinajstić information content (AvgIpc) is 2.45. The Balaban J connectivity index is 2.84. The third kappa shape index (κ3) is 5.46. The first-order chi connectivity index (χ1) is 9.99. The topological polar surface area (TPSA) is 38.8 Å². The van der Waals surface area contributed by atoms with Gasteiger partial charge in [-0.25, -0.2) is 0 Å². The van der Waals surface area contributed by atoms with Crippen LogP contribution in [-0.4, -0.2) is 36.4 Å². The van der Waals surface area contributed by atoms with E-state index >= 15 is 0 Å². The monoisotopic (exact) mass is 313 g/mol. The fourth-order valence-corrected chi connectivity index (χ4v) is 2.07. The van der Waals surface area contributed by atoms with Crippen LogP contribution in [0.2, 0.25) is 0 Å². The van der Waals surface area contributed by atoms with E-state index in [9.17, 15) is 4.79 Å². The third-order valence-corrected chi connectivity index (χ3v) is 3.09. The number of hydrogen-bond acceptors (Lipinski definition) is 3. The van der Waals surface area contributed by atoms with Crippen molar-refractivity contribution < 1.29 is 14.3 Å². The fraction of sp³-hybridized carbons (Fsp3) is 0.562. The maximum atomic E-state index is 11.8. The summed E-state index contributed by atoms with van der Waals surface area (Å²) in [5, 5.41) is -0.520. The van der Waals surface area contributed by atoms with Gasteiger partial charge in [-0.05, 0) is 38.0 Å². The number of carbonyl (C=O) groups is 1. The Labute approximate surface area is 132 Å². The molecule has 0 aliphatic rings. The number of nitrogens with zero attached hydrogens (tertiary/aromatic N) is 1. The largest absolute Gasteiger partial charge is 0.490 e. The smallest absolute Gasteiger partial charge is 0.240 e. The maximum absolute atomic E-state index is 11.8. The van der Waals surface area contributed by atoms with Gasteiger partial charge in [0.15, 0.2) is 11.5 Å². The fourth-order valence-electron chi connectivity index (χ4n) is 1.91. The molecule has 1 amide bonds. The third-order valence-electron chi connectivity index (χ3n) is 2.91. The molecule has 0 fully saturated rings. The minimum Gasteiger partial charge on any atom is -0.490 e. The standard InChI is InChI=1S/C16H24ClNO3/c1-5-9-21-14-8-7-13(10-15(14)20-6-2)11-18(4)16(19)12(3)17/h7-8,10,12H,5-6,9,11H2,1-4H3. The van der Waals surface area contributed by atoms with E-state index in [0.29, 0.717) is 25.5 Å². The zero-order valence-electron chi connectivity index (χ0n) is 13.2. The van der Waals surface area contributed by atoms with Gasteiger partial charge in [0.25, 0.3) is 0 Å². The number of halogens is 1. The first kappa shape index (κ1) is 17.6. The van der Waals surface area contributed by atoms with Crippen LogP contribution in [0, 0.1) is 0 Å². The van der Waals surface area contributed by atoms with Gasteiger partial charge in [0.05, 0.1) is 13.2 Å². The molecule has 0 saturated heterocycles. The van der Waals surface area contributed by atoms with E-state index in [1.165, 1.54) is 0 Å². The molecule has 0 aromatic heterocycles. The summed E-state index contributed by atoms with van der Waals surface area (Å²) < 4.78 is 11.3. The number of ether oxygens (including phenoxy) is 2. The van der Waals surface area contributed by atoms with Crippen molar-refractivity contribution in [1.29, 1.82) is 0 Å². The molecule has 1 aromatic carbocycles. The van der Waals surface area contributed by atoms with Gasteiger partial charge in [0, 0.05) is 13.6 Å². The normalized spacial score (nSPS) is 11.9. The minimum absolute atomic E-state index is 0.0964. The minimum atomic E-state index is -0.520. The van der Waals surface area contributed by atoms with Crippen molar-refractivity contribution in [3.63, 3.8) is 0 Å². The Bertz CT molecular complexity index is 463. The Hall–Kier alpha value is -1.42. The van der Waals surface area contributed by atoms with Gasteiger partial charge in [0.1, 0.15) is 5.38 Å². The molecule has 1 atom stereocenters. The van der Waals surface area contributed by atoms with Gasteiger partial charge in [-0.1, -0.05) is 13.0 Å². The molecule has 0 bridgehead atoms. The highest BCUT2D eigenvalue weighted by atomic mass is 35.5. The van der Waals surface area contributed by atoms with Crippen LogP contribution >= 0.6 is 11.6 Å². The Morgan fingerprint density at radius 3 is 2.57 bits per heavy atom. The molecule has 1 unspecified atom stereocenters. The highest BCUT2D eigenvalue weighted by molar-refractivity contribution is 6.30. The molecule has 0 aliphatic heterocycles. The second-order valence-corrected chi connectivity index (χ2v) is 5.53. The lowest BCUT2D eigenvalue weighted by molar-refractivity contribution is -0.129. The van der Waals surface area contributed by atoms with Crippen molar-refractivity contribution >= 4 is 17.5 Å². The van der Waals surface area contributed by atoms with E-state index in [0.717, 1.165) is 17.7 Å². The number of benzene rings is 1. The molecule has 0 spiro atoms. The summed E-state index contributed by atoms with van der Waals surface area (Å²) in [6.45, 7) is 7.38. The molecule has 4 nitrogen and oxygen atoms in total. The van der Waals surface area contributed by atoms with Crippen LogP contribution in [-0.2, 0) is 11.3 Å². The summed E-state index contributed by atoms with van der Waals surface area (Å²) in [7, 11) is 1.74. The van der Waals surface area contributed by atoms with Gasteiger partial charge >= 0.3 is 0 Å². The van der Waals surface area contributed by atoms with Crippen LogP contribution in [0.4, 0.5) is 0 Å². The molecule has 0 saturated carbocycles. The van der Waals surface area contributed by atoms with Gasteiger partial charge < -0.3 is 14.4 Å². The summed E-state index contributed by atoms with van der Waals surface area (Å²) in [5.74, 6) is 1.35. The first-order valence-electron chi connectivity index (χ1n) is 7.27. The lowest BCUT2D eigenvalue weighted by Crippen LogP contribution is -2.31. The van der Waals surface area contributed by atoms with Gasteiger partial charge in [-0.3, -0.25) is 4.79 Å². The van der Waals surface area contributed by atoms with Crippen molar-refractivity contribution in [2.75, 3.05) is 20.3 Å². The Kier molecular flexibility index (Phi) is 7.37. The molecular weight excluding hydrogens is 290 g/mol. The van der Waals surface area contributed by atoms with Crippen LogP contribution in [0.25, 0.3) is 0 Å². The van der Waals surface area contributed by atoms with E-state index in [1.807, 2.05) is 25.1 Å². The summed E-state index contributed by atoms with van der Waals surface area (Å²) >= 11 is 5.82. The summed E-state index contributed by atoms with van der Waals surface area (Å²) in [6, 6.07) is 5.74. The van der Waals surface area contributed by atoms with Crippen LogP contribution in [0.3, 0.4) is 0 Å². The molecule has 0 heterocycles. The molecule has 1 aromatic rings. The number of amides is 1. The van der Waals surface area contributed by atoms with E-state index in [4.69, 9.17) is 21.1 Å². The molecule has 118 valence electrons. The lowest BCUT2D eigenvalue weighted by Gasteiger charge is -2.19. The second kappa shape index (κ2) is 8.78. The predicted octanol–water partition coefficient (Wildman–Crippen LogP) is 3.46. The zero-order valence-corrected chi connectivity index (χ0v) is 13.9. The summed E-state index contributed by atoms with van der Waals surface area (Å²) in [5.41, 5.74) is 0.982. The van der Waals surface area contributed by atoms with Gasteiger partial charge in [0.2, 0.25) is 5.91 Å². The van der Waals surface area contributed by atoms with Crippen molar-refractivity contribution in [1.82, 2.24) is 4.90 Å². The van der Waals surface area contributed by atoms with E-state index in [1.54, 1.807) is 18.9 Å². The van der Waals surface area contributed by atoms with Crippen molar-refractivity contribution in [3.8, 4) is 11.5 Å². The SMILES string of the molecule is CCCOc1ccc(CN(C)C(=O)C(C)Cl)cc1OCC. The maximum Gasteiger partial charge on any atom is 0.240 e. The van der Waals surface area contributed by atoms with Crippen molar-refractivity contribution in [2.45, 2.75) is 39.1 Å². The summed E-state index contributed by atoms with van der Waals surface area (Å²) in [4.78, 5) is 13.4. The van der Waals surface area contributed by atoms with Gasteiger partial charge in [-0.15, -0.1) is 11.6 Å². The first-order valence-corrected chi connectivity index (χ1v) is 7.70. The van der Waals surface area contributed by atoms with Crippen LogP contribution in [0.1, 0.15) is 32.8 Å². The van der Waals surface area contributed by atoms with Crippen molar-refractivity contribution in [2.24, 2.45) is 0 Å². The molecule has 5 heteroatoms. The molecule has 21 heavy (non-hydrogen) atoms. The molecule has 0 radical (unpaired) electrons. The van der Waals surface area contributed by atoms with Crippen molar-refractivity contribution in [3.05, 3.63) is 23.8 Å². The van der Waals surface area contributed by atoms with E-state index in [2.05, 4.69) is 6.92 Å². The van der Waals surface area contributed by atoms with Crippen LogP contribution in [0.15, 0.2) is 18.2 Å². The highest BCUT2D eigenvalue weighted by Gasteiger charge is 2.15. The van der Waals surface area contributed by atoms with Crippen LogP contribution < -0.4 is 9.47 Å². The number of rotatable bonds is 8. The van der Waals surface area contributed by atoms with Gasteiger partial charge in [-0.2, -0.15) is 0 Å².